The Morgan fingerprint density at radius 1 is 0.361 bits per heavy atom. The third-order valence-electron chi connectivity index (χ3n) is 12.6. The zero-order valence-corrected chi connectivity index (χ0v) is 42.0. The molecule has 7 rings (SSSR count). The van der Waals surface area contributed by atoms with Gasteiger partial charge in [-0.1, -0.05) is 130 Å². The number of amides is 6. The maximum Gasteiger partial charge on any atom is 0.319 e. The molecule has 12 nitrogen and oxygen atoms in total. The van der Waals surface area contributed by atoms with Crippen LogP contribution in [0, 0.1) is 0 Å². The van der Waals surface area contributed by atoms with E-state index in [9.17, 15) is 14.4 Å². The molecule has 0 spiro atoms. The number of carbonyl (C=O) groups is 3. The summed E-state index contributed by atoms with van der Waals surface area (Å²) in [5, 5.41) is 17.9. The van der Waals surface area contributed by atoms with E-state index in [4.69, 9.17) is 14.2 Å². The molecule has 6 N–H and O–H groups in total. The standard InChI is InChI=1S/C60H66N6O6/c1-7-52-55(37-70-49-31-19-28-46(34-49)64-58(67)61-40(4)43-22-13-10-14-23-43)53(8-2)57(39-72-51-33-21-30-48(36-51)66-60(69)63-42(6)45-26-17-12-18-27-45)54(9-3)56(52)38-71-50-32-20-29-47(35-50)65-59(68)62-41(5)44-24-15-11-16-25-44/h10-36,40-42H,7-9,37-39H2,1-6H3,(H2,61,64,67)(H2,62,65,68)(H2,63,66,69)/t40-,41-,42-/m0/s1. The maximum atomic E-state index is 13.1. The molecule has 3 atom stereocenters. The number of ether oxygens (including phenoxy) is 3. The SMILES string of the molecule is CCc1c(COc2cccc(NC(=O)N[C@@H](C)c3ccccc3)c2)c(CC)c(COc2cccc(NC(=O)N[C@@H](C)c3ccccc3)c2)c(CC)c1COc1cccc(NC(=O)N[C@@H](C)c2ccccc2)c1. The van der Waals surface area contributed by atoms with Crippen LogP contribution in [0.2, 0.25) is 0 Å². The van der Waals surface area contributed by atoms with E-state index in [1.165, 1.54) is 0 Å². The van der Waals surface area contributed by atoms with Gasteiger partial charge in [0.05, 0.1) is 18.1 Å². The Hall–Kier alpha value is -8.25. The predicted octanol–water partition coefficient (Wildman–Crippen LogP) is 13.8. The van der Waals surface area contributed by atoms with Crippen LogP contribution in [0.1, 0.15) is 110 Å². The topological polar surface area (TPSA) is 151 Å². The third-order valence-corrected chi connectivity index (χ3v) is 12.6. The number of nitrogens with one attached hydrogen (secondary N) is 6. The van der Waals surface area contributed by atoms with Crippen molar-refractivity contribution < 1.29 is 28.6 Å². The molecule has 7 aromatic rings. The smallest absolute Gasteiger partial charge is 0.319 e. The molecular formula is C60H66N6O6. The highest BCUT2D eigenvalue weighted by Crippen LogP contribution is 2.34. The Bertz CT molecular complexity index is 2560. The molecule has 72 heavy (non-hydrogen) atoms. The number of hydrogen-bond donors (Lipinski definition) is 6. The normalized spacial score (nSPS) is 12.1. The van der Waals surface area contributed by atoms with E-state index in [-0.39, 0.29) is 56.0 Å². The summed E-state index contributed by atoms with van der Waals surface area (Å²) in [5.74, 6) is 1.80. The van der Waals surface area contributed by atoms with Crippen molar-refractivity contribution in [2.75, 3.05) is 16.0 Å². The Balaban J connectivity index is 1.13. The van der Waals surface area contributed by atoms with Crippen LogP contribution >= 0.6 is 0 Å². The molecule has 0 bridgehead atoms. The van der Waals surface area contributed by atoms with Crippen molar-refractivity contribution in [1.29, 1.82) is 0 Å². The summed E-state index contributed by atoms with van der Waals surface area (Å²) in [5.41, 5.74) is 11.3. The van der Waals surface area contributed by atoms with Crippen LogP contribution in [-0.2, 0) is 39.1 Å². The fourth-order valence-electron chi connectivity index (χ4n) is 8.92. The van der Waals surface area contributed by atoms with Crippen LogP contribution in [0.15, 0.2) is 164 Å². The Morgan fingerprint density at radius 2 is 0.625 bits per heavy atom. The first-order valence-corrected chi connectivity index (χ1v) is 24.7. The molecular weight excluding hydrogens is 901 g/mol. The molecule has 372 valence electrons. The number of carbonyl (C=O) groups excluding carboxylic acids is 3. The Labute approximate surface area is 423 Å². The molecule has 7 aromatic carbocycles. The van der Waals surface area contributed by atoms with Gasteiger partial charge in [0.15, 0.2) is 0 Å². The van der Waals surface area contributed by atoms with Crippen LogP contribution in [0.4, 0.5) is 31.4 Å². The lowest BCUT2D eigenvalue weighted by atomic mass is 9.84. The summed E-state index contributed by atoms with van der Waals surface area (Å²) in [6.07, 6.45) is 2.12. The third kappa shape index (κ3) is 14.2. The van der Waals surface area contributed by atoms with Gasteiger partial charge in [0, 0.05) is 35.3 Å². The van der Waals surface area contributed by atoms with E-state index in [1.54, 1.807) is 0 Å². The molecule has 0 aliphatic carbocycles. The molecule has 0 saturated carbocycles. The molecule has 0 saturated heterocycles. The lowest BCUT2D eigenvalue weighted by Crippen LogP contribution is -2.31. The van der Waals surface area contributed by atoms with Crippen molar-refractivity contribution in [1.82, 2.24) is 16.0 Å². The molecule has 0 fully saturated rings. The summed E-state index contributed by atoms with van der Waals surface area (Å²) in [6, 6.07) is 50.1. The summed E-state index contributed by atoms with van der Waals surface area (Å²) in [4.78, 5) is 39.3. The minimum atomic E-state index is -0.320. The van der Waals surface area contributed by atoms with Crippen LogP contribution in [0.3, 0.4) is 0 Å². The summed E-state index contributed by atoms with van der Waals surface area (Å²) < 4.78 is 19.9. The number of hydrogen-bond acceptors (Lipinski definition) is 6. The molecule has 0 aliphatic rings. The van der Waals surface area contributed by atoms with Gasteiger partial charge in [0.1, 0.15) is 37.1 Å². The molecule has 0 unspecified atom stereocenters. The highest BCUT2D eigenvalue weighted by atomic mass is 16.5. The van der Waals surface area contributed by atoms with E-state index in [0.29, 0.717) is 53.6 Å². The van der Waals surface area contributed by atoms with E-state index < -0.39 is 0 Å². The highest BCUT2D eigenvalue weighted by molar-refractivity contribution is 5.91. The van der Waals surface area contributed by atoms with Crippen LogP contribution in [0.25, 0.3) is 0 Å². The minimum Gasteiger partial charge on any atom is -0.489 e. The molecule has 0 aromatic heterocycles. The first kappa shape index (κ1) is 51.6. The molecule has 6 amide bonds. The molecule has 0 aliphatic heterocycles. The van der Waals surface area contributed by atoms with E-state index in [2.05, 4.69) is 52.7 Å². The maximum absolute atomic E-state index is 13.1. The van der Waals surface area contributed by atoms with Crippen molar-refractivity contribution in [3.63, 3.8) is 0 Å². The predicted molar refractivity (Wildman–Crippen MR) is 288 cm³/mol. The fourth-order valence-corrected chi connectivity index (χ4v) is 8.92. The van der Waals surface area contributed by atoms with Crippen LogP contribution in [0.5, 0.6) is 17.2 Å². The minimum absolute atomic E-state index is 0.185. The van der Waals surface area contributed by atoms with E-state index in [1.807, 2.05) is 185 Å². The van der Waals surface area contributed by atoms with Gasteiger partial charge >= 0.3 is 18.1 Å². The van der Waals surface area contributed by atoms with Crippen LogP contribution < -0.4 is 46.1 Å². The number of anilines is 3. The van der Waals surface area contributed by atoms with Crippen molar-refractivity contribution in [2.45, 2.75) is 98.8 Å². The summed E-state index contributed by atoms with van der Waals surface area (Å²) >= 11 is 0. The van der Waals surface area contributed by atoms with Crippen molar-refractivity contribution in [3.05, 3.63) is 214 Å². The molecule has 0 heterocycles. The summed E-state index contributed by atoms with van der Waals surface area (Å²) in [6.45, 7) is 13.0. The number of urea groups is 3. The lowest BCUT2D eigenvalue weighted by molar-refractivity contribution is 0.248. The fraction of sp³-hybridized carbons (Fsp3) is 0.250. The number of benzene rings is 7. The monoisotopic (exact) mass is 967 g/mol. The van der Waals surface area contributed by atoms with Gasteiger partial charge in [-0.2, -0.15) is 0 Å². The van der Waals surface area contributed by atoms with Gasteiger partial charge in [0.2, 0.25) is 0 Å². The lowest BCUT2D eigenvalue weighted by Gasteiger charge is -2.26. The molecule has 12 heteroatoms. The van der Waals surface area contributed by atoms with Gasteiger partial charge in [0.25, 0.3) is 0 Å². The largest absolute Gasteiger partial charge is 0.489 e. The first-order valence-electron chi connectivity index (χ1n) is 24.7. The molecule has 0 radical (unpaired) electrons. The average Bonchev–Trinajstić information content (AvgIpc) is 3.39. The van der Waals surface area contributed by atoms with Gasteiger partial charge < -0.3 is 46.1 Å². The second-order valence-corrected chi connectivity index (χ2v) is 17.6. The van der Waals surface area contributed by atoms with Crippen molar-refractivity contribution in [3.8, 4) is 17.2 Å². The Kier molecular flexibility index (Phi) is 18.3. The van der Waals surface area contributed by atoms with Crippen molar-refractivity contribution >= 4 is 35.2 Å². The average molecular weight is 967 g/mol. The zero-order valence-electron chi connectivity index (χ0n) is 42.0. The van der Waals surface area contributed by atoms with Gasteiger partial charge in [-0.3, -0.25) is 0 Å². The van der Waals surface area contributed by atoms with E-state index >= 15 is 0 Å². The first-order chi connectivity index (χ1) is 35.0. The second-order valence-electron chi connectivity index (χ2n) is 17.6. The Morgan fingerprint density at radius 3 is 0.875 bits per heavy atom. The van der Waals surface area contributed by atoms with Crippen LogP contribution in [-0.4, -0.2) is 18.1 Å². The quantitative estimate of drug-likeness (QED) is 0.0422. The summed E-state index contributed by atoms with van der Waals surface area (Å²) in [7, 11) is 0. The van der Waals surface area contributed by atoms with Crippen molar-refractivity contribution in [2.24, 2.45) is 0 Å². The van der Waals surface area contributed by atoms with Gasteiger partial charge in [-0.15, -0.1) is 0 Å². The van der Waals surface area contributed by atoms with Gasteiger partial charge in [-0.05, 0) is 127 Å². The second kappa shape index (κ2) is 25.6. The number of rotatable bonds is 21. The van der Waals surface area contributed by atoms with Gasteiger partial charge in [-0.25, -0.2) is 14.4 Å². The zero-order chi connectivity index (χ0) is 50.8. The highest BCUT2D eigenvalue weighted by Gasteiger charge is 2.24. The van der Waals surface area contributed by atoms with E-state index in [0.717, 1.165) is 50.1 Å².